The van der Waals surface area contributed by atoms with E-state index in [0.717, 1.165) is 22.2 Å². The Morgan fingerprint density at radius 3 is 2.94 bits per heavy atom. The van der Waals surface area contributed by atoms with Crippen molar-refractivity contribution >= 4 is 16.6 Å². The Bertz CT molecular complexity index is 647. The molecule has 1 aliphatic rings. The number of H-pyrrole nitrogens is 1. The molecule has 3 nitrogen and oxygen atoms in total. The molecule has 0 saturated carbocycles. The first-order chi connectivity index (χ1) is 8.34. The van der Waals surface area contributed by atoms with Gasteiger partial charge in [0.1, 0.15) is 5.75 Å². The summed E-state index contributed by atoms with van der Waals surface area (Å²) in [5, 5.41) is 13.9. The molecule has 2 aromatic rings. The molecule has 17 heavy (non-hydrogen) atoms. The summed E-state index contributed by atoms with van der Waals surface area (Å²) < 4.78 is 0. The second-order valence-electron chi connectivity index (χ2n) is 3.90. The normalized spacial score (nSPS) is 14.5. The Hall–Kier alpha value is -2.42. The number of allylic oxidation sites excluding steroid dienone is 4. The van der Waals surface area contributed by atoms with E-state index in [1.54, 1.807) is 12.1 Å². The number of benzene rings is 1. The molecule has 0 unspecified atom stereocenters. The maximum Gasteiger partial charge on any atom is 0.117 e. The number of fused-ring (bicyclic) bond motifs is 1. The van der Waals surface area contributed by atoms with Crippen molar-refractivity contribution in [3.05, 3.63) is 60.5 Å². The van der Waals surface area contributed by atoms with Crippen LogP contribution in [0.1, 0.15) is 5.56 Å². The van der Waals surface area contributed by atoms with Crippen LogP contribution in [0.25, 0.3) is 16.6 Å². The first kappa shape index (κ1) is 9.78. The predicted molar refractivity (Wildman–Crippen MR) is 69.4 cm³/mol. The molecular formula is C14H12N2O. The van der Waals surface area contributed by atoms with Gasteiger partial charge in [0.15, 0.2) is 0 Å². The molecule has 84 valence electrons. The fourth-order valence-corrected chi connectivity index (χ4v) is 1.99. The minimum atomic E-state index is 0.270. The SMILES string of the molecule is Oc1cc(C2=CC=CC=CN2)c2[nH]ccc2c1. The lowest BCUT2D eigenvalue weighted by Gasteiger charge is -2.08. The molecule has 0 atom stereocenters. The molecule has 3 N–H and O–H groups in total. The molecule has 0 amide bonds. The third-order valence-corrected chi connectivity index (χ3v) is 2.75. The van der Waals surface area contributed by atoms with Crippen LogP contribution >= 0.6 is 0 Å². The number of nitrogens with one attached hydrogen (secondary N) is 2. The van der Waals surface area contributed by atoms with Crippen molar-refractivity contribution in [3.8, 4) is 5.75 Å². The number of phenolic OH excluding ortho intramolecular Hbond substituents is 1. The van der Waals surface area contributed by atoms with E-state index in [1.807, 2.05) is 42.8 Å². The van der Waals surface area contributed by atoms with Gasteiger partial charge in [0, 0.05) is 29.0 Å². The zero-order valence-corrected chi connectivity index (χ0v) is 9.14. The molecule has 2 heterocycles. The fraction of sp³-hybridized carbons (Fsp3) is 0. The molecule has 1 aromatic carbocycles. The molecule has 0 aliphatic carbocycles. The quantitative estimate of drug-likeness (QED) is 0.697. The van der Waals surface area contributed by atoms with Gasteiger partial charge in [-0.1, -0.05) is 12.2 Å². The Kier molecular flexibility index (Phi) is 2.22. The summed E-state index contributed by atoms with van der Waals surface area (Å²) >= 11 is 0. The standard InChI is InChI=1S/C14H12N2O/c17-11-8-10-5-7-16-14(10)12(9-11)13-4-2-1-3-6-15-13/h1-9,15-17H. The van der Waals surface area contributed by atoms with E-state index in [0.29, 0.717) is 0 Å². The summed E-state index contributed by atoms with van der Waals surface area (Å²) in [6, 6.07) is 5.45. The van der Waals surface area contributed by atoms with Crippen LogP contribution in [-0.2, 0) is 0 Å². The third-order valence-electron chi connectivity index (χ3n) is 2.75. The van der Waals surface area contributed by atoms with Crippen LogP contribution in [-0.4, -0.2) is 10.1 Å². The highest BCUT2D eigenvalue weighted by Gasteiger charge is 2.08. The average Bonchev–Trinajstić information content (AvgIpc) is 2.62. The summed E-state index contributed by atoms with van der Waals surface area (Å²) in [6.45, 7) is 0. The Morgan fingerprint density at radius 1 is 1.06 bits per heavy atom. The lowest BCUT2D eigenvalue weighted by Crippen LogP contribution is -2.03. The monoisotopic (exact) mass is 224 g/mol. The van der Waals surface area contributed by atoms with Gasteiger partial charge in [-0.2, -0.15) is 0 Å². The number of rotatable bonds is 1. The molecule has 0 radical (unpaired) electrons. The van der Waals surface area contributed by atoms with Gasteiger partial charge in [-0.25, -0.2) is 0 Å². The van der Waals surface area contributed by atoms with Crippen LogP contribution in [0.4, 0.5) is 0 Å². The van der Waals surface area contributed by atoms with Crippen molar-refractivity contribution in [2.75, 3.05) is 0 Å². The molecule has 3 rings (SSSR count). The van der Waals surface area contributed by atoms with Crippen molar-refractivity contribution in [1.82, 2.24) is 10.3 Å². The van der Waals surface area contributed by atoms with E-state index >= 15 is 0 Å². The molecule has 0 spiro atoms. The highest BCUT2D eigenvalue weighted by Crippen LogP contribution is 2.28. The van der Waals surface area contributed by atoms with Crippen LogP contribution in [0.2, 0.25) is 0 Å². The molecule has 0 bridgehead atoms. The van der Waals surface area contributed by atoms with Crippen molar-refractivity contribution < 1.29 is 5.11 Å². The smallest absolute Gasteiger partial charge is 0.117 e. The molecule has 0 fully saturated rings. The number of phenols is 1. The van der Waals surface area contributed by atoms with Crippen LogP contribution < -0.4 is 5.32 Å². The first-order valence-corrected chi connectivity index (χ1v) is 5.45. The van der Waals surface area contributed by atoms with Crippen LogP contribution in [0.3, 0.4) is 0 Å². The largest absolute Gasteiger partial charge is 0.508 e. The Morgan fingerprint density at radius 2 is 2.00 bits per heavy atom. The Labute approximate surface area is 98.8 Å². The molecule has 0 saturated heterocycles. The highest BCUT2D eigenvalue weighted by atomic mass is 16.3. The summed E-state index contributed by atoms with van der Waals surface area (Å²) in [4.78, 5) is 3.19. The minimum absolute atomic E-state index is 0.270. The fourth-order valence-electron chi connectivity index (χ4n) is 1.99. The second kappa shape index (κ2) is 3.87. The van der Waals surface area contributed by atoms with Crippen molar-refractivity contribution in [1.29, 1.82) is 0 Å². The number of hydrogen-bond donors (Lipinski definition) is 3. The predicted octanol–water partition coefficient (Wildman–Crippen LogP) is 2.89. The van der Waals surface area contributed by atoms with Crippen molar-refractivity contribution in [2.24, 2.45) is 0 Å². The van der Waals surface area contributed by atoms with Gasteiger partial charge in [-0.3, -0.25) is 0 Å². The summed E-state index contributed by atoms with van der Waals surface area (Å²) in [7, 11) is 0. The van der Waals surface area contributed by atoms with Gasteiger partial charge < -0.3 is 15.4 Å². The van der Waals surface area contributed by atoms with E-state index in [2.05, 4.69) is 10.3 Å². The molecule has 1 aliphatic heterocycles. The first-order valence-electron chi connectivity index (χ1n) is 5.45. The van der Waals surface area contributed by atoms with Gasteiger partial charge in [0.05, 0.1) is 5.52 Å². The van der Waals surface area contributed by atoms with E-state index in [4.69, 9.17) is 0 Å². The molecule has 3 heteroatoms. The maximum atomic E-state index is 9.73. The minimum Gasteiger partial charge on any atom is -0.508 e. The van der Waals surface area contributed by atoms with Crippen LogP contribution in [0.5, 0.6) is 5.75 Å². The number of aromatic amines is 1. The third kappa shape index (κ3) is 1.72. The number of aromatic nitrogens is 1. The lowest BCUT2D eigenvalue weighted by atomic mass is 10.1. The van der Waals surface area contributed by atoms with Crippen LogP contribution in [0, 0.1) is 0 Å². The van der Waals surface area contributed by atoms with E-state index < -0.39 is 0 Å². The molecular weight excluding hydrogens is 212 g/mol. The van der Waals surface area contributed by atoms with Crippen LogP contribution in [0.15, 0.2) is 54.9 Å². The topological polar surface area (TPSA) is 48.0 Å². The summed E-state index contributed by atoms with van der Waals surface area (Å²) in [6.07, 6.45) is 11.6. The van der Waals surface area contributed by atoms with Crippen molar-refractivity contribution in [3.63, 3.8) is 0 Å². The van der Waals surface area contributed by atoms with Gasteiger partial charge in [-0.05, 0) is 30.4 Å². The van der Waals surface area contributed by atoms with E-state index in [-0.39, 0.29) is 5.75 Å². The maximum absolute atomic E-state index is 9.73. The highest BCUT2D eigenvalue weighted by molar-refractivity contribution is 5.92. The number of hydrogen-bond acceptors (Lipinski definition) is 2. The zero-order chi connectivity index (χ0) is 11.7. The molecule has 1 aromatic heterocycles. The zero-order valence-electron chi connectivity index (χ0n) is 9.14. The summed E-state index contributed by atoms with van der Waals surface area (Å²) in [5.74, 6) is 0.270. The van der Waals surface area contributed by atoms with Crippen molar-refractivity contribution in [2.45, 2.75) is 0 Å². The Balaban J connectivity index is 2.22. The summed E-state index contributed by atoms with van der Waals surface area (Å²) in [5.41, 5.74) is 2.94. The van der Waals surface area contributed by atoms with Gasteiger partial charge in [0.2, 0.25) is 0 Å². The van der Waals surface area contributed by atoms with Gasteiger partial charge >= 0.3 is 0 Å². The lowest BCUT2D eigenvalue weighted by molar-refractivity contribution is 0.476. The van der Waals surface area contributed by atoms with Gasteiger partial charge in [-0.15, -0.1) is 0 Å². The van der Waals surface area contributed by atoms with E-state index in [1.165, 1.54) is 0 Å². The average molecular weight is 224 g/mol. The van der Waals surface area contributed by atoms with E-state index in [9.17, 15) is 5.11 Å². The second-order valence-corrected chi connectivity index (χ2v) is 3.90. The number of aromatic hydroxyl groups is 1. The van der Waals surface area contributed by atoms with Gasteiger partial charge in [0.25, 0.3) is 0 Å².